The maximum absolute atomic E-state index is 12.0. The first-order valence-electron chi connectivity index (χ1n) is 9.61. The highest BCUT2D eigenvalue weighted by Crippen LogP contribution is 2.10. The van der Waals surface area contributed by atoms with Crippen molar-refractivity contribution in [1.29, 1.82) is 0 Å². The molecule has 1 atom stereocenters. The number of aliphatic hydroxyl groups is 1. The van der Waals surface area contributed by atoms with E-state index >= 15 is 0 Å². The molecule has 146 valence electrons. The molecule has 1 aromatic carbocycles. The summed E-state index contributed by atoms with van der Waals surface area (Å²) in [5, 5.41) is 12.8. The Labute approximate surface area is 160 Å². The standard InChI is InChI=1S/C19H25NO2.2C2H6/c1-4-7-10-16(6-3)18(21)19(22)20-14-13-17-12-9-8-11-15(17)5-2;2*1-2/h4,6-12,18,21H,3,5,13-14H2,1-2H3,(H,20,22);2*1-2H3/b7-4-,16-10+;;. The lowest BCUT2D eigenvalue weighted by atomic mass is 10.0. The Balaban J connectivity index is 0. The molecular formula is C23H37NO2. The summed E-state index contributed by atoms with van der Waals surface area (Å²) >= 11 is 0. The Hall–Kier alpha value is -2.13. The first-order valence-corrected chi connectivity index (χ1v) is 9.61. The third-order valence-corrected chi connectivity index (χ3v) is 3.47. The molecule has 0 bridgehead atoms. The second-order valence-electron chi connectivity index (χ2n) is 4.96. The van der Waals surface area contributed by atoms with Gasteiger partial charge in [0.2, 0.25) is 0 Å². The second-order valence-corrected chi connectivity index (χ2v) is 4.96. The second kappa shape index (κ2) is 17.7. The third kappa shape index (κ3) is 10.00. The van der Waals surface area contributed by atoms with Crippen molar-refractivity contribution in [3.8, 4) is 0 Å². The van der Waals surface area contributed by atoms with Crippen LogP contribution in [0.1, 0.15) is 52.7 Å². The van der Waals surface area contributed by atoms with Gasteiger partial charge in [0.15, 0.2) is 6.10 Å². The summed E-state index contributed by atoms with van der Waals surface area (Å²) in [5.74, 6) is -0.398. The van der Waals surface area contributed by atoms with Crippen LogP contribution in [0.3, 0.4) is 0 Å². The Bertz CT molecular complexity index is 559. The number of carbonyl (C=O) groups is 1. The van der Waals surface area contributed by atoms with E-state index < -0.39 is 12.0 Å². The number of hydrogen-bond acceptors (Lipinski definition) is 2. The maximum atomic E-state index is 12.0. The molecule has 1 amide bonds. The number of allylic oxidation sites excluding steroid dienone is 3. The smallest absolute Gasteiger partial charge is 0.253 e. The van der Waals surface area contributed by atoms with E-state index in [1.165, 1.54) is 17.2 Å². The van der Waals surface area contributed by atoms with E-state index in [0.29, 0.717) is 12.1 Å². The molecule has 3 nitrogen and oxygen atoms in total. The van der Waals surface area contributed by atoms with Crippen molar-refractivity contribution in [2.75, 3.05) is 6.54 Å². The summed E-state index contributed by atoms with van der Waals surface area (Å²) in [7, 11) is 0. The van der Waals surface area contributed by atoms with E-state index in [0.717, 1.165) is 12.8 Å². The van der Waals surface area contributed by atoms with Crippen LogP contribution < -0.4 is 5.32 Å². The van der Waals surface area contributed by atoms with Gasteiger partial charge in [-0.15, -0.1) is 0 Å². The molecule has 0 saturated heterocycles. The van der Waals surface area contributed by atoms with E-state index in [9.17, 15) is 9.90 Å². The summed E-state index contributed by atoms with van der Waals surface area (Å²) in [6.07, 6.45) is 7.32. The summed E-state index contributed by atoms with van der Waals surface area (Å²) in [4.78, 5) is 12.0. The largest absolute Gasteiger partial charge is 0.378 e. The van der Waals surface area contributed by atoms with Gasteiger partial charge in [-0.05, 0) is 36.5 Å². The SMILES string of the molecule is C=C/C(=C\C=C/C)C(O)C(=O)NCCc1ccccc1CC.CC.CC. The van der Waals surface area contributed by atoms with Crippen molar-refractivity contribution < 1.29 is 9.90 Å². The average Bonchev–Trinajstić information content (AvgIpc) is 2.71. The Kier molecular flexibility index (Phi) is 17.8. The van der Waals surface area contributed by atoms with Gasteiger partial charge in [-0.25, -0.2) is 0 Å². The van der Waals surface area contributed by atoms with Crippen LogP contribution in [-0.2, 0) is 17.6 Å². The number of aliphatic hydroxyl groups excluding tert-OH is 1. The van der Waals surface area contributed by atoms with Crippen molar-refractivity contribution in [3.63, 3.8) is 0 Å². The molecule has 0 heterocycles. The van der Waals surface area contributed by atoms with Gasteiger partial charge in [-0.3, -0.25) is 4.79 Å². The van der Waals surface area contributed by atoms with Gasteiger partial charge in [0.05, 0.1) is 0 Å². The van der Waals surface area contributed by atoms with Crippen LogP contribution in [0.5, 0.6) is 0 Å². The first kappa shape index (κ1) is 26.1. The van der Waals surface area contributed by atoms with Crippen molar-refractivity contribution in [2.24, 2.45) is 0 Å². The molecule has 0 aliphatic rings. The van der Waals surface area contributed by atoms with Crippen LogP contribution in [0.4, 0.5) is 0 Å². The normalized spacial score (nSPS) is 11.6. The summed E-state index contributed by atoms with van der Waals surface area (Å²) in [5.41, 5.74) is 3.01. The summed E-state index contributed by atoms with van der Waals surface area (Å²) < 4.78 is 0. The molecule has 26 heavy (non-hydrogen) atoms. The molecule has 1 aromatic rings. The molecule has 2 N–H and O–H groups in total. The number of aryl methyl sites for hydroxylation is 1. The predicted molar refractivity (Wildman–Crippen MR) is 114 cm³/mol. The first-order chi connectivity index (χ1) is 12.6. The van der Waals surface area contributed by atoms with Crippen LogP contribution in [0.15, 0.2) is 60.7 Å². The zero-order valence-electron chi connectivity index (χ0n) is 17.4. The van der Waals surface area contributed by atoms with Crippen LogP contribution in [0.2, 0.25) is 0 Å². The number of carbonyl (C=O) groups excluding carboxylic acids is 1. The highest BCUT2D eigenvalue weighted by molar-refractivity contribution is 5.84. The zero-order valence-corrected chi connectivity index (χ0v) is 17.4. The van der Waals surface area contributed by atoms with Crippen molar-refractivity contribution in [2.45, 2.75) is 60.5 Å². The fourth-order valence-corrected chi connectivity index (χ4v) is 2.19. The molecule has 0 aliphatic carbocycles. The molecule has 0 spiro atoms. The number of amides is 1. The highest BCUT2D eigenvalue weighted by Gasteiger charge is 2.16. The van der Waals surface area contributed by atoms with E-state index in [1.54, 1.807) is 12.2 Å². The van der Waals surface area contributed by atoms with E-state index in [2.05, 4.69) is 31.0 Å². The van der Waals surface area contributed by atoms with Crippen LogP contribution in [-0.4, -0.2) is 23.7 Å². The van der Waals surface area contributed by atoms with Crippen LogP contribution in [0.25, 0.3) is 0 Å². The minimum atomic E-state index is -1.19. The van der Waals surface area contributed by atoms with Crippen LogP contribution in [0, 0.1) is 0 Å². The Morgan fingerprint density at radius 2 is 1.77 bits per heavy atom. The third-order valence-electron chi connectivity index (χ3n) is 3.47. The van der Waals surface area contributed by atoms with Gasteiger partial charge in [0, 0.05) is 6.54 Å². The van der Waals surface area contributed by atoms with Gasteiger partial charge in [-0.2, -0.15) is 0 Å². The predicted octanol–water partition coefficient (Wildman–Crippen LogP) is 5.01. The number of hydrogen-bond donors (Lipinski definition) is 2. The quantitative estimate of drug-likeness (QED) is 0.641. The van der Waals surface area contributed by atoms with Crippen molar-refractivity contribution >= 4 is 5.91 Å². The summed E-state index contributed by atoms with van der Waals surface area (Å²) in [6.45, 7) is 16.1. The number of rotatable bonds is 8. The van der Waals surface area contributed by atoms with Gasteiger partial charge in [-0.1, -0.05) is 89.8 Å². The van der Waals surface area contributed by atoms with Crippen molar-refractivity contribution in [1.82, 2.24) is 5.32 Å². The maximum Gasteiger partial charge on any atom is 0.253 e. The topological polar surface area (TPSA) is 49.3 Å². The molecule has 0 radical (unpaired) electrons. The zero-order chi connectivity index (χ0) is 20.4. The molecule has 0 fully saturated rings. The molecule has 0 aromatic heterocycles. The fourth-order valence-electron chi connectivity index (χ4n) is 2.19. The van der Waals surface area contributed by atoms with Gasteiger partial charge in [0.25, 0.3) is 5.91 Å². The Morgan fingerprint density at radius 1 is 1.19 bits per heavy atom. The monoisotopic (exact) mass is 359 g/mol. The van der Waals surface area contributed by atoms with E-state index in [4.69, 9.17) is 0 Å². The van der Waals surface area contributed by atoms with Gasteiger partial charge >= 0.3 is 0 Å². The molecule has 3 heteroatoms. The van der Waals surface area contributed by atoms with E-state index in [-0.39, 0.29) is 0 Å². The number of nitrogens with one attached hydrogen (secondary N) is 1. The molecular weight excluding hydrogens is 322 g/mol. The van der Waals surface area contributed by atoms with Gasteiger partial charge < -0.3 is 10.4 Å². The van der Waals surface area contributed by atoms with E-state index in [1.807, 2.05) is 52.8 Å². The molecule has 0 saturated carbocycles. The molecule has 0 aliphatic heterocycles. The molecule has 1 unspecified atom stereocenters. The minimum absolute atomic E-state index is 0.398. The summed E-state index contributed by atoms with van der Waals surface area (Å²) in [6, 6.07) is 8.19. The lowest BCUT2D eigenvalue weighted by Gasteiger charge is -2.13. The molecule has 1 rings (SSSR count). The average molecular weight is 360 g/mol. The Morgan fingerprint density at radius 3 is 2.27 bits per heavy atom. The van der Waals surface area contributed by atoms with Gasteiger partial charge in [0.1, 0.15) is 0 Å². The lowest BCUT2D eigenvalue weighted by Crippen LogP contribution is -2.36. The number of benzene rings is 1. The minimum Gasteiger partial charge on any atom is -0.378 e. The lowest BCUT2D eigenvalue weighted by molar-refractivity contribution is -0.127. The highest BCUT2D eigenvalue weighted by atomic mass is 16.3. The van der Waals surface area contributed by atoms with Crippen LogP contribution >= 0.6 is 0 Å². The fraction of sp³-hybridized carbons (Fsp3) is 0.435. The van der Waals surface area contributed by atoms with Crippen molar-refractivity contribution in [3.05, 3.63) is 71.8 Å².